The zero-order valence-corrected chi connectivity index (χ0v) is 15.8. The molecular weight excluding hydrogens is 342 g/mol. The average Bonchev–Trinajstić information content (AvgIpc) is 3.53. The van der Waals surface area contributed by atoms with E-state index in [1.54, 1.807) is 0 Å². The molecule has 1 aliphatic heterocycles. The molecule has 2 aliphatic carbocycles. The second kappa shape index (κ2) is 8.30. The minimum absolute atomic E-state index is 0.00674. The molecule has 0 unspecified atom stereocenters. The highest BCUT2D eigenvalue weighted by Crippen LogP contribution is 2.32. The fourth-order valence-corrected chi connectivity index (χ4v) is 4.06. The molecule has 2 amide bonds. The third kappa shape index (κ3) is 4.61. The maximum Gasteiger partial charge on any atom is 0.227 e. The number of anilines is 2. The number of benzene rings is 1. The Labute approximate surface area is 160 Å². The van der Waals surface area contributed by atoms with Gasteiger partial charge in [-0.05, 0) is 50.7 Å². The molecular formula is C21H29N3O3. The van der Waals surface area contributed by atoms with Gasteiger partial charge < -0.3 is 20.3 Å². The van der Waals surface area contributed by atoms with Crippen LogP contribution in [0.15, 0.2) is 24.3 Å². The van der Waals surface area contributed by atoms with Crippen molar-refractivity contribution in [2.45, 2.75) is 44.6 Å². The van der Waals surface area contributed by atoms with Crippen LogP contribution in [0, 0.1) is 11.8 Å². The predicted molar refractivity (Wildman–Crippen MR) is 105 cm³/mol. The number of hydrogen-bond donors (Lipinski definition) is 2. The molecule has 1 saturated heterocycles. The van der Waals surface area contributed by atoms with E-state index >= 15 is 0 Å². The van der Waals surface area contributed by atoms with Crippen molar-refractivity contribution >= 4 is 23.2 Å². The van der Waals surface area contributed by atoms with Gasteiger partial charge in [0.25, 0.3) is 0 Å². The van der Waals surface area contributed by atoms with Crippen LogP contribution in [0.2, 0.25) is 0 Å². The monoisotopic (exact) mass is 371 g/mol. The minimum atomic E-state index is -0.00674. The maximum atomic E-state index is 12.8. The first kappa shape index (κ1) is 18.3. The molecule has 3 aliphatic rings. The second-order valence-electron chi connectivity index (χ2n) is 7.94. The summed E-state index contributed by atoms with van der Waals surface area (Å²) in [5.74, 6) is 0.341. The lowest BCUT2D eigenvalue weighted by molar-refractivity contribution is -0.128. The zero-order valence-electron chi connectivity index (χ0n) is 15.8. The Balaban J connectivity index is 1.32. The Morgan fingerprint density at radius 3 is 2.19 bits per heavy atom. The lowest BCUT2D eigenvalue weighted by atomic mass is 9.81. The van der Waals surface area contributed by atoms with Gasteiger partial charge in [0.1, 0.15) is 0 Å². The van der Waals surface area contributed by atoms with E-state index < -0.39 is 0 Å². The number of carbonyl (C=O) groups is 2. The molecule has 0 spiro atoms. The third-order valence-electron chi connectivity index (χ3n) is 5.91. The van der Waals surface area contributed by atoms with Crippen LogP contribution in [-0.4, -0.2) is 44.2 Å². The van der Waals surface area contributed by atoms with Gasteiger partial charge in [-0.25, -0.2) is 0 Å². The van der Waals surface area contributed by atoms with Crippen molar-refractivity contribution in [1.29, 1.82) is 0 Å². The highest BCUT2D eigenvalue weighted by molar-refractivity contribution is 5.96. The molecule has 1 heterocycles. The number of nitrogens with zero attached hydrogens (tertiary/aromatic N) is 1. The van der Waals surface area contributed by atoms with E-state index in [1.165, 1.54) is 0 Å². The zero-order chi connectivity index (χ0) is 18.6. The number of nitrogens with one attached hydrogen (secondary N) is 2. The quantitative estimate of drug-likeness (QED) is 0.834. The average molecular weight is 371 g/mol. The largest absolute Gasteiger partial charge is 0.378 e. The first-order chi connectivity index (χ1) is 13.2. The Morgan fingerprint density at radius 1 is 0.889 bits per heavy atom. The lowest BCUT2D eigenvalue weighted by Gasteiger charge is -2.31. The fourth-order valence-electron chi connectivity index (χ4n) is 4.06. The van der Waals surface area contributed by atoms with Crippen molar-refractivity contribution in [3.05, 3.63) is 24.3 Å². The van der Waals surface area contributed by atoms with Gasteiger partial charge in [0.05, 0.1) is 24.6 Å². The molecule has 27 heavy (non-hydrogen) atoms. The summed E-state index contributed by atoms with van der Waals surface area (Å²) in [4.78, 5) is 27.3. The van der Waals surface area contributed by atoms with Crippen LogP contribution < -0.4 is 15.5 Å². The van der Waals surface area contributed by atoms with E-state index in [0.717, 1.165) is 76.2 Å². The van der Waals surface area contributed by atoms with Crippen LogP contribution in [0.5, 0.6) is 0 Å². The summed E-state index contributed by atoms with van der Waals surface area (Å²) in [7, 11) is 0. The van der Waals surface area contributed by atoms with Crippen molar-refractivity contribution in [1.82, 2.24) is 5.32 Å². The molecule has 0 bridgehead atoms. The van der Waals surface area contributed by atoms with Crippen LogP contribution in [0.25, 0.3) is 0 Å². The Kier molecular flexibility index (Phi) is 5.62. The summed E-state index contributed by atoms with van der Waals surface area (Å²) < 4.78 is 5.43. The Morgan fingerprint density at radius 2 is 1.52 bits per heavy atom. The third-order valence-corrected chi connectivity index (χ3v) is 5.91. The van der Waals surface area contributed by atoms with Gasteiger partial charge in [-0.3, -0.25) is 9.59 Å². The van der Waals surface area contributed by atoms with Gasteiger partial charge in [0, 0.05) is 31.0 Å². The summed E-state index contributed by atoms with van der Waals surface area (Å²) in [6, 6.07) is 8.40. The van der Waals surface area contributed by atoms with Crippen LogP contribution in [0.4, 0.5) is 11.4 Å². The summed E-state index contributed by atoms with van der Waals surface area (Å²) >= 11 is 0. The number of ether oxygens (including phenoxy) is 1. The van der Waals surface area contributed by atoms with E-state index in [0.29, 0.717) is 6.04 Å². The Hall–Kier alpha value is -2.08. The van der Waals surface area contributed by atoms with Crippen molar-refractivity contribution in [2.24, 2.45) is 11.8 Å². The highest BCUT2D eigenvalue weighted by atomic mass is 16.5. The van der Waals surface area contributed by atoms with E-state index in [9.17, 15) is 9.59 Å². The standard InChI is InChI=1S/C21H29N3O3/c25-20(22-17-9-10-17)15-5-7-16(8-6-15)21(26)23-18-3-1-2-4-19(18)24-11-13-27-14-12-24/h1-4,15-17H,5-14H2,(H,22,25)(H,23,26). The van der Waals surface area contributed by atoms with Crippen LogP contribution in [-0.2, 0) is 14.3 Å². The number of morpholine rings is 1. The molecule has 3 fully saturated rings. The second-order valence-corrected chi connectivity index (χ2v) is 7.94. The molecule has 2 saturated carbocycles. The molecule has 146 valence electrons. The number of carbonyl (C=O) groups excluding carboxylic acids is 2. The first-order valence-corrected chi connectivity index (χ1v) is 10.2. The van der Waals surface area contributed by atoms with Crippen molar-refractivity contribution < 1.29 is 14.3 Å². The number of para-hydroxylation sites is 2. The van der Waals surface area contributed by atoms with Gasteiger partial charge in [0.15, 0.2) is 0 Å². The van der Waals surface area contributed by atoms with E-state index in [-0.39, 0.29) is 23.7 Å². The molecule has 0 aromatic heterocycles. The van der Waals surface area contributed by atoms with Gasteiger partial charge in [-0.15, -0.1) is 0 Å². The number of rotatable bonds is 5. The molecule has 1 aromatic carbocycles. The molecule has 0 radical (unpaired) electrons. The smallest absolute Gasteiger partial charge is 0.227 e. The summed E-state index contributed by atoms with van der Waals surface area (Å²) in [5, 5.41) is 6.24. The van der Waals surface area contributed by atoms with Gasteiger partial charge in [0.2, 0.25) is 11.8 Å². The van der Waals surface area contributed by atoms with Crippen molar-refractivity contribution in [3.8, 4) is 0 Å². The minimum Gasteiger partial charge on any atom is -0.378 e. The normalized spacial score (nSPS) is 25.7. The van der Waals surface area contributed by atoms with Crippen molar-refractivity contribution in [3.63, 3.8) is 0 Å². The van der Waals surface area contributed by atoms with Crippen molar-refractivity contribution in [2.75, 3.05) is 36.5 Å². The highest BCUT2D eigenvalue weighted by Gasteiger charge is 2.32. The summed E-state index contributed by atoms with van der Waals surface area (Å²) in [5.41, 5.74) is 1.93. The number of amides is 2. The van der Waals surface area contributed by atoms with E-state index in [4.69, 9.17) is 4.74 Å². The van der Waals surface area contributed by atoms with Gasteiger partial charge in [-0.1, -0.05) is 12.1 Å². The molecule has 6 heteroatoms. The molecule has 2 N–H and O–H groups in total. The molecule has 6 nitrogen and oxygen atoms in total. The van der Waals surface area contributed by atoms with Crippen LogP contribution in [0.3, 0.4) is 0 Å². The van der Waals surface area contributed by atoms with Gasteiger partial charge in [-0.2, -0.15) is 0 Å². The molecule has 0 atom stereocenters. The first-order valence-electron chi connectivity index (χ1n) is 10.2. The topological polar surface area (TPSA) is 70.7 Å². The fraction of sp³-hybridized carbons (Fsp3) is 0.619. The summed E-state index contributed by atoms with van der Waals surface area (Å²) in [6.07, 6.45) is 5.42. The molecule has 1 aromatic rings. The van der Waals surface area contributed by atoms with Gasteiger partial charge >= 0.3 is 0 Å². The summed E-state index contributed by atoms with van der Waals surface area (Å²) in [6.45, 7) is 3.12. The van der Waals surface area contributed by atoms with Crippen LogP contribution >= 0.6 is 0 Å². The SMILES string of the molecule is O=C(Nc1ccccc1N1CCOCC1)C1CCC(C(=O)NC2CC2)CC1. The van der Waals surface area contributed by atoms with E-state index in [2.05, 4.69) is 21.6 Å². The Bertz CT molecular complexity index is 675. The number of hydrogen-bond acceptors (Lipinski definition) is 4. The predicted octanol–water partition coefficient (Wildman–Crippen LogP) is 2.55. The lowest BCUT2D eigenvalue weighted by Crippen LogP contribution is -2.38. The maximum absolute atomic E-state index is 12.8. The van der Waals surface area contributed by atoms with Crippen LogP contribution in [0.1, 0.15) is 38.5 Å². The van der Waals surface area contributed by atoms with E-state index in [1.807, 2.05) is 18.2 Å². The molecule has 4 rings (SSSR count).